The van der Waals surface area contributed by atoms with Crippen LogP contribution in [0, 0.1) is 24.0 Å². The number of hydrogen-bond acceptors (Lipinski definition) is 4. The van der Waals surface area contributed by atoms with E-state index >= 15 is 0 Å². The van der Waals surface area contributed by atoms with Gasteiger partial charge in [0, 0.05) is 34.8 Å². The van der Waals surface area contributed by atoms with Crippen LogP contribution in [-0.4, -0.2) is 24.7 Å². The molecular weight excluding hydrogens is 624 g/mol. The number of aromatic nitrogens is 5. The van der Waals surface area contributed by atoms with Crippen LogP contribution in [0.1, 0.15) is 31.1 Å². The summed E-state index contributed by atoms with van der Waals surface area (Å²) in [6, 6.07) is 14.0. The van der Waals surface area contributed by atoms with E-state index in [4.69, 9.17) is 0 Å². The average molecular weight is 638 g/mol. The maximum Gasteiger partial charge on any atom is 2.00 e. The Balaban J connectivity index is 0.00000306. The van der Waals surface area contributed by atoms with Crippen molar-refractivity contribution in [1.82, 2.24) is 24.7 Å². The number of alkyl halides is 3. The Morgan fingerprint density at radius 3 is 2.24 bits per heavy atom. The van der Waals surface area contributed by atoms with E-state index in [0.717, 1.165) is 16.8 Å². The zero-order valence-corrected chi connectivity index (χ0v) is 19.3. The van der Waals surface area contributed by atoms with E-state index in [1.165, 1.54) is 6.07 Å². The van der Waals surface area contributed by atoms with Crippen LogP contribution in [-0.2, 0) is 32.7 Å². The van der Waals surface area contributed by atoms with Crippen LogP contribution in [0.15, 0.2) is 48.5 Å². The Morgan fingerprint density at radius 2 is 1.61 bits per heavy atom. The predicted octanol–water partition coefficient (Wildman–Crippen LogP) is 4.95. The number of rotatable bonds is 4. The Bertz CT molecular complexity index is 1290. The van der Waals surface area contributed by atoms with Gasteiger partial charge in [-0.15, -0.1) is 12.1 Å². The topological polar surface area (TPSA) is 56.5 Å². The monoisotopic (exact) mass is 638 g/mol. The third-order valence-electron chi connectivity index (χ3n) is 4.79. The van der Waals surface area contributed by atoms with Crippen molar-refractivity contribution in [2.24, 2.45) is 0 Å². The largest absolute Gasteiger partial charge is 2.00 e. The van der Waals surface area contributed by atoms with E-state index in [2.05, 4.69) is 32.4 Å². The number of pyridine rings is 2. The molecule has 3 heterocycles. The van der Waals surface area contributed by atoms with Crippen LogP contribution in [0.5, 0.6) is 0 Å². The van der Waals surface area contributed by atoms with Gasteiger partial charge in [0.2, 0.25) is 0 Å². The van der Waals surface area contributed by atoms with E-state index in [1.807, 2.05) is 13.8 Å². The average Bonchev–Trinajstić information content (AvgIpc) is 3.25. The van der Waals surface area contributed by atoms with Crippen LogP contribution < -0.4 is 0 Å². The minimum absolute atomic E-state index is 0. The SMILES string of the molecule is CC(C)(c1cccc(-c2[c-]cc(F)cc2F)n1)c1cccc(-n2[c-]nc(C(F)(F)F)n2)n1.[Pt+2]. The summed E-state index contributed by atoms with van der Waals surface area (Å²) in [5, 5.41) is 3.39. The maximum atomic E-state index is 14.2. The summed E-state index contributed by atoms with van der Waals surface area (Å²) in [5.41, 5.74) is 0.429. The molecule has 33 heavy (non-hydrogen) atoms. The molecule has 0 bridgehead atoms. The van der Waals surface area contributed by atoms with Gasteiger partial charge in [0.1, 0.15) is 0 Å². The Kier molecular flexibility index (Phi) is 6.79. The first kappa shape index (κ1) is 24.6. The zero-order chi connectivity index (χ0) is 23.1. The first-order valence-electron chi connectivity index (χ1n) is 9.30. The van der Waals surface area contributed by atoms with Gasteiger partial charge in [-0.25, -0.2) is 5.10 Å². The molecule has 0 aliphatic rings. The normalized spacial score (nSPS) is 11.8. The van der Waals surface area contributed by atoms with E-state index in [-0.39, 0.29) is 38.1 Å². The van der Waals surface area contributed by atoms with Crippen molar-refractivity contribution < 1.29 is 43.0 Å². The number of nitrogens with zero attached hydrogens (tertiary/aromatic N) is 5. The first-order chi connectivity index (χ1) is 15.1. The molecule has 3 aromatic heterocycles. The maximum absolute atomic E-state index is 14.2. The van der Waals surface area contributed by atoms with Crippen molar-refractivity contribution >= 4 is 0 Å². The second kappa shape index (κ2) is 9.09. The molecule has 0 unspecified atom stereocenters. The number of hydrogen-bond donors (Lipinski definition) is 0. The molecule has 0 saturated heterocycles. The molecule has 0 atom stereocenters. The Morgan fingerprint density at radius 1 is 0.939 bits per heavy atom. The van der Waals surface area contributed by atoms with Gasteiger partial charge in [-0.1, -0.05) is 35.9 Å². The van der Waals surface area contributed by atoms with Gasteiger partial charge in [0.05, 0.1) is 5.82 Å². The summed E-state index contributed by atoms with van der Waals surface area (Å²) in [6.07, 6.45) is -2.53. The summed E-state index contributed by atoms with van der Waals surface area (Å²) in [7, 11) is 0. The van der Waals surface area contributed by atoms with Gasteiger partial charge in [-0.2, -0.15) is 13.2 Å². The molecule has 0 saturated carbocycles. The molecule has 0 amide bonds. The van der Waals surface area contributed by atoms with Crippen molar-refractivity contribution in [3.63, 3.8) is 0 Å². The molecule has 0 fully saturated rings. The third-order valence-corrected chi connectivity index (χ3v) is 4.79. The van der Waals surface area contributed by atoms with Crippen molar-refractivity contribution in [3.8, 4) is 17.1 Å². The third kappa shape index (κ3) is 5.00. The molecule has 0 N–H and O–H groups in total. The molecule has 5 nitrogen and oxygen atoms in total. The predicted molar refractivity (Wildman–Crippen MR) is 104 cm³/mol. The van der Waals surface area contributed by atoms with E-state index in [9.17, 15) is 22.0 Å². The molecule has 0 spiro atoms. The molecule has 4 aromatic rings. The molecule has 11 heteroatoms. The minimum atomic E-state index is -4.70. The fourth-order valence-corrected chi connectivity index (χ4v) is 3.04. The fraction of sp³-hybridized carbons (Fsp3) is 0.182. The van der Waals surface area contributed by atoms with Gasteiger partial charge >= 0.3 is 27.2 Å². The molecule has 1 aromatic carbocycles. The zero-order valence-electron chi connectivity index (χ0n) is 17.1. The van der Waals surface area contributed by atoms with E-state index < -0.39 is 29.1 Å². The van der Waals surface area contributed by atoms with Crippen molar-refractivity contribution in [2.75, 3.05) is 0 Å². The summed E-state index contributed by atoms with van der Waals surface area (Å²) >= 11 is 0. The standard InChI is InChI=1S/C22H14F5N5.Pt/c1-21(2,17-6-3-5-16(29-17)14-10-9-13(23)11-15(14)24)18-7-4-8-19(30-18)32-12-28-20(31-32)22(25,26)27;/h3-9,11H,1-2H3;/q-2;+2. The molecule has 172 valence electrons. The van der Waals surface area contributed by atoms with Crippen molar-refractivity contribution in [1.29, 1.82) is 0 Å². The quantitative estimate of drug-likeness (QED) is 0.235. The van der Waals surface area contributed by atoms with Crippen LogP contribution in [0.2, 0.25) is 0 Å². The Hall–Kier alpha value is -3.00. The summed E-state index contributed by atoms with van der Waals surface area (Å²) in [5.74, 6) is -2.78. The summed E-state index contributed by atoms with van der Waals surface area (Å²) in [4.78, 5) is 12.1. The van der Waals surface area contributed by atoms with E-state index in [0.29, 0.717) is 11.4 Å². The van der Waals surface area contributed by atoms with Gasteiger partial charge < -0.3 is 14.6 Å². The molecule has 0 radical (unpaired) electrons. The molecule has 0 aliphatic heterocycles. The Labute approximate surface area is 200 Å². The van der Waals surface area contributed by atoms with Crippen LogP contribution in [0.25, 0.3) is 17.1 Å². The van der Waals surface area contributed by atoms with Gasteiger partial charge in [-0.3, -0.25) is 13.8 Å². The summed E-state index contributed by atoms with van der Waals surface area (Å²) in [6.45, 7) is 3.62. The summed E-state index contributed by atoms with van der Waals surface area (Å²) < 4.78 is 66.6. The van der Waals surface area contributed by atoms with Gasteiger partial charge in [-0.05, 0) is 31.7 Å². The van der Waals surface area contributed by atoms with Crippen LogP contribution >= 0.6 is 0 Å². The fourth-order valence-electron chi connectivity index (χ4n) is 3.04. The van der Waals surface area contributed by atoms with Gasteiger partial charge in [0.25, 0.3) is 0 Å². The molecule has 4 rings (SSSR count). The van der Waals surface area contributed by atoms with Gasteiger partial charge in [0.15, 0.2) is 5.82 Å². The van der Waals surface area contributed by atoms with Crippen molar-refractivity contribution in [2.45, 2.75) is 25.4 Å². The molecule has 0 aliphatic carbocycles. The van der Waals surface area contributed by atoms with E-state index in [1.54, 1.807) is 30.3 Å². The number of halogens is 5. The van der Waals surface area contributed by atoms with Crippen LogP contribution in [0.4, 0.5) is 22.0 Å². The minimum Gasteiger partial charge on any atom is -0.342 e. The number of benzene rings is 1. The van der Waals surface area contributed by atoms with Crippen LogP contribution in [0.3, 0.4) is 0 Å². The van der Waals surface area contributed by atoms with Crippen molar-refractivity contribution in [3.05, 3.63) is 89.8 Å². The first-order valence-corrected chi connectivity index (χ1v) is 9.30. The smallest absolute Gasteiger partial charge is 0.342 e. The second-order valence-electron chi connectivity index (χ2n) is 7.40. The molecular formula is C22H14F5N5Pt. The second-order valence-corrected chi connectivity index (χ2v) is 7.40.